The van der Waals surface area contributed by atoms with Gasteiger partial charge in [-0.05, 0) is 18.1 Å². The van der Waals surface area contributed by atoms with Gasteiger partial charge in [-0.25, -0.2) is 0 Å². The molecule has 1 aromatic heterocycles. The molecule has 20 heavy (non-hydrogen) atoms. The van der Waals surface area contributed by atoms with E-state index in [0.717, 1.165) is 28.8 Å². The first-order chi connectivity index (χ1) is 9.66. The van der Waals surface area contributed by atoms with Crippen LogP contribution in [0.3, 0.4) is 0 Å². The van der Waals surface area contributed by atoms with Crippen molar-refractivity contribution in [3.05, 3.63) is 57.0 Å². The minimum Gasteiger partial charge on any atom is -0.395 e. The van der Waals surface area contributed by atoms with Crippen LogP contribution in [0.1, 0.15) is 28.7 Å². The van der Waals surface area contributed by atoms with Crippen LogP contribution in [0.4, 0.5) is 0 Å². The van der Waals surface area contributed by atoms with Crippen molar-refractivity contribution in [2.75, 3.05) is 6.61 Å². The van der Waals surface area contributed by atoms with Crippen molar-refractivity contribution in [1.29, 1.82) is 0 Å². The average Bonchev–Trinajstić information content (AvgIpc) is 3.07. The minimum atomic E-state index is 0.0244. The summed E-state index contributed by atoms with van der Waals surface area (Å²) in [4.78, 5) is 17.0. The first kappa shape index (κ1) is 12.7. The quantitative estimate of drug-likeness (QED) is 0.924. The number of aromatic nitrogens is 2. The lowest BCUT2D eigenvalue weighted by atomic mass is 9.94. The van der Waals surface area contributed by atoms with Crippen molar-refractivity contribution in [2.24, 2.45) is 12.2 Å². The van der Waals surface area contributed by atoms with Gasteiger partial charge in [0.25, 0.3) is 5.56 Å². The van der Waals surface area contributed by atoms with E-state index in [0.29, 0.717) is 13.0 Å². The summed E-state index contributed by atoms with van der Waals surface area (Å²) in [5.74, 6) is 0. The Bertz CT molecular complexity index is 725. The molecule has 0 saturated carbocycles. The van der Waals surface area contributed by atoms with E-state index in [1.54, 1.807) is 13.2 Å². The topological polar surface area (TPSA) is 59.4 Å². The van der Waals surface area contributed by atoms with Gasteiger partial charge < -0.3 is 9.94 Å². The van der Waals surface area contributed by atoms with Crippen molar-refractivity contribution in [3.8, 4) is 0 Å². The number of nitrogens with one attached hydrogen (secondary N) is 1. The van der Waals surface area contributed by atoms with Gasteiger partial charge in [0.1, 0.15) is 6.61 Å². The summed E-state index contributed by atoms with van der Waals surface area (Å²) >= 11 is 0. The Hall–Kier alpha value is -2.30. The molecule has 0 spiro atoms. The fraction of sp³-hybridized carbons (Fsp3) is 0.333. The highest BCUT2D eigenvalue weighted by Crippen LogP contribution is 2.20. The van der Waals surface area contributed by atoms with Crippen LogP contribution in [0.2, 0.25) is 0 Å². The number of oxime groups is 1. The minimum absolute atomic E-state index is 0.0244. The van der Waals surface area contributed by atoms with Crippen LogP contribution in [0.15, 0.2) is 34.3 Å². The molecule has 104 valence electrons. The Kier molecular flexibility index (Phi) is 3.18. The number of rotatable bonds is 3. The predicted octanol–water partition coefficient (Wildman–Crippen LogP) is 1.74. The van der Waals surface area contributed by atoms with Crippen LogP contribution >= 0.6 is 0 Å². The molecule has 1 aliphatic heterocycles. The van der Waals surface area contributed by atoms with E-state index < -0.39 is 0 Å². The SMILES string of the molecule is Cc1c(Cc2c[nH]n(C)c2=O)cccc1C1=NOCC1. The van der Waals surface area contributed by atoms with Gasteiger partial charge in [0, 0.05) is 37.2 Å². The Morgan fingerprint density at radius 2 is 2.25 bits per heavy atom. The second-order valence-electron chi connectivity index (χ2n) is 5.05. The van der Waals surface area contributed by atoms with E-state index in [4.69, 9.17) is 4.84 Å². The molecule has 2 aromatic rings. The van der Waals surface area contributed by atoms with Crippen LogP contribution in [0.25, 0.3) is 0 Å². The average molecular weight is 271 g/mol. The zero-order chi connectivity index (χ0) is 14.1. The molecule has 1 aliphatic rings. The summed E-state index contributed by atoms with van der Waals surface area (Å²) in [5, 5.41) is 6.99. The van der Waals surface area contributed by atoms with Crippen molar-refractivity contribution in [3.63, 3.8) is 0 Å². The Morgan fingerprint density at radius 3 is 2.90 bits per heavy atom. The zero-order valence-corrected chi connectivity index (χ0v) is 11.6. The van der Waals surface area contributed by atoms with E-state index in [1.165, 1.54) is 10.2 Å². The molecular formula is C15H17N3O2. The van der Waals surface area contributed by atoms with E-state index in [-0.39, 0.29) is 5.56 Å². The predicted molar refractivity (Wildman–Crippen MR) is 77.1 cm³/mol. The lowest BCUT2D eigenvalue weighted by Gasteiger charge is -2.09. The van der Waals surface area contributed by atoms with Gasteiger partial charge in [0.15, 0.2) is 0 Å². The lowest BCUT2D eigenvalue weighted by molar-refractivity contribution is 0.174. The molecule has 1 N–H and O–H groups in total. The van der Waals surface area contributed by atoms with Crippen molar-refractivity contribution >= 4 is 5.71 Å². The van der Waals surface area contributed by atoms with E-state index >= 15 is 0 Å². The number of H-pyrrole nitrogens is 1. The summed E-state index contributed by atoms with van der Waals surface area (Å²) in [6.07, 6.45) is 3.24. The molecule has 0 radical (unpaired) electrons. The van der Waals surface area contributed by atoms with Gasteiger partial charge in [-0.15, -0.1) is 0 Å². The third-order valence-electron chi connectivity index (χ3n) is 3.75. The van der Waals surface area contributed by atoms with Crippen LogP contribution in [-0.4, -0.2) is 22.1 Å². The second kappa shape index (κ2) is 5.00. The largest absolute Gasteiger partial charge is 0.395 e. The highest BCUT2D eigenvalue weighted by Gasteiger charge is 2.15. The van der Waals surface area contributed by atoms with Gasteiger partial charge in [-0.1, -0.05) is 23.4 Å². The molecule has 3 rings (SSSR count). The van der Waals surface area contributed by atoms with Crippen LogP contribution in [0, 0.1) is 6.92 Å². The van der Waals surface area contributed by atoms with Crippen molar-refractivity contribution < 1.29 is 4.84 Å². The standard InChI is InChI=1S/C15H17N3O2/c1-10-11(8-12-9-16-18(2)15(12)19)4-3-5-13(10)14-6-7-20-17-14/h3-5,9,16H,6-8H2,1-2H3. The van der Waals surface area contributed by atoms with E-state index in [1.807, 2.05) is 6.07 Å². The number of aromatic amines is 1. The molecule has 0 fully saturated rings. The van der Waals surface area contributed by atoms with Gasteiger partial charge in [0.2, 0.25) is 0 Å². The Morgan fingerprint density at radius 1 is 1.40 bits per heavy atom. The molecule has 0 amide bonds. The maximum atomic E-state index is 11.9. The van der Waals surface area contributed by atoms with Crippen LogP contribution in [0.5, 0.6) is 0 Å². The number of hydrogen-bond donors (Lipinski definition) is 1. The summed E-state index contributed by atoms with van der Waals surface area (Å²) in [6, 6.07) is 6.12. The normalized spacial score (nSPS) is 14.2. The first-order valence-corrected chi connectivity index (χ1v) is 6.68. The van der Waals surface area contributed by atoms with Gasteiger partial charge in [-0.2, -0.15) is 0 Å². The first-order valence-electron chi connectivity index (χ1n) is 6.68. The number of nitrogens with zero attached hydrogens (tertiary/aromatic N) is 2. The fourth-order valence-corrected chi connectivity index (χ4v) is 2.53. The molecule has 0 atom stereocenters. The van der Waals surface area contributed by atoms with Crippen LogP contribution in [-0.2, 0) is 18.3 Å². The molecule has 0 aliphatic carbocycles. The highest BCUT2D eigenvalue weighted by molar-refractivity contribution is 6.02. The molecular weight excluding hydrogens is 254 g/mol. The molecule has 0 saturated heterocycles. The maximum absolute atomic E-state index is 11.9. The van der Waals surface area contributed by atoms with Crippen LogP contribution < -0.4 is 5.56 Å². The Balaban J connectivity index is 1.96. The highest BCUT2D eigenvalue weighted by atomic mass is 16.6. The van der Waals surface area contributed by atoms with Gasteiger partial charge >= 0.3 is 0 Å². The summed E-state index contributed by atoms with van der Waals surface area (Å²) in [7, 11) is 1.72. The fourth-order valence-electron chi connectivity index (χ4n) is 2.53. The zero-order valence-electron chi connectivity index (χ0n) is 11.6. The molecule has 5 nitrogen and oxygen atoms in total. The molecule has 1 aromatic carbocycles. The lowest BCUT2D eigenvalue weighted by Crippen LogP contribution is -2.16. The summed E-state index contributed by atoms with van der Waals surface area (Å²) in [6.45, 7) is 2.72. The number of hydrogen-bond acceptors (Lipinski definition) is 3. The van der Waals surface area contributed by atoms with E-state index in [9.17, 15) is 4.79 Å². The Labute approximate surface area is 116 Å². The molecule has 2 heterocycles. The van der Waals surface area contributed by atoms with E-state index in [2.05, 4.69) is 29.3 Å². The molecule has 5 heteroatoms. The molecule has 0 unspecified atom stereocenters. The maximum Gasteiger partial charge on any atom is 0.269 e. The van der Waals surface area contributed by atoms with Gasteiger partial charge in [-0.3, -0.25) is 9.48 Å². The van der Waals surface area contributed by atoms with Gasteiger partial charge in [0.05, 0.1) is 5.71 Å². The number of benzene rings is 1. The summed E-state index contributed by atoms with van der Waals surface area (Å²) in [5.41, 5.74) is 5.22. The third-order valence-corrected chi connectivity index (χ3v) is 3.75. The summed E-state index contributed by atoms with van der Waals surface area (Å²) < 4.78 is 1.49. The second-order valence-corrected chi connectivity index (χ2v) is 5.05. The molecule has 0 bridgehead atoms. The smallest absolute Gasteiger partial charge is 0.269 e. The van der Waals surface area contributed by atoms with Crippen molar-refractivity contribution in [2.45, 2.75) is 19.8 Å². The monoisotopic (exact) mass is 271 g/mol. The number of aryl methyl sites for hydroxylation is 1. The van der Waals surface area contributed by atoms with Crippen molar-refractivity contribution in [1.82, 2.24) is 9.78 Å². The third kappa shape index (κ3) is 2.15.